The van der Waals surface area contributed by atoms with E-state index in [2.05, 4.69) is 4.18 Å². The summed E-state index contributed by atoms with van der Waals surface area (Å²) >= 11 is 0. The number of aliphatic carboxylic acids is 1. The summed E-state index contributed by atoms with van der Waals surface area (Å²) in [6.45, 7) is -1.16. The molecule has 0 saturated carbocycles. The number of carboxylic acids is 1. The predicted molar refractivity (Wildman–Crippen MR) is 58.8 cm³/mol. The lowest BCUT2D eigenvalue weighted by molar-refractivity contribution is -0.152. The maximum atomic E-state index is 11.1. The van der Waals surface area contributed by atoms with E-state index >= 15 is 0 Å². The summed E-state index contributed by atoms with van der Waals surface area (Å²) in [6, 6.07) is 0. The van der Waals surface area contributed by atoms with Crippen LogP contribution in [0, 0.1) is 0 Å². The molecule has 0 saturated heterocycles. The Balaban J connectivity index is 4.55. The lowest BCUT2D eigenvalue weighted by Gasteiger charge is -2.25. The molecule has 0 aromatic heterocycles. The van der Waals surface area contributed by atoms with Gasteiger partial charge in [0.05, 0.1) is 6.61 Å². The second kappa shape index (κ2) is 7.58. The molecular weight excluding hydrogens is 304 g/mol. The molecule has 0 rings (SSSR count). The summed E-state index contributed by atoms with van der Waals surface area (Å²) in [5, 5.41) is 45.4. The fourth-order valence-corrected chi connectivity index (χ4v) is 1.42. The number of carboxylic acid groups (broad SMARTS) is 1. The highest BCUT2D eigenvalue weighted by atomic mass is 32.3. The van der Waals surface area contributed by atoms with Gasteiger partial charge in [-0.3, -0.25) is 14.1 Å². The standard InChI is InChI=1S/C8H14O11S/c9-3(1-5(11)12)6(13)8(15)7(14)4(10)2-19-20(16,17)18/h4,6-8,10,13-15H,1-2H2,(H,11,12)(H,16,17,18)/t4-,6+,7-,8-/m1/s1. The van der Waals surface area contributed by atoms with E-state index in [9.17, 15) is 38.4 Å². The SMILES string of the molecule is O=C(O)CC(=O)[C@H](O)[C@@H](O)[C@H](O)[C@H](O)COS(=O)(=O)O. The number of ketones is 1. The summed E-state index contributed by atoms with van der Waals surface area (Å²) in [6.07, 6.45) is -9.99. The number of carbonyl (C=O) groups excluding carboxylic acids is 1. The Morgan fingerprint density at radius 2 is 1.55 bits per heavy atom. The molecule has 0 unspecified atom stereocenters. The molecule has 0 fully saturated rings. The summed E-state index contributed by atoms with van der Waals surface area (Å²) in [4.78, 5) is 21.3. The van der Waals surface area contributed by atoms with Crippen molar-refractivity contribution >= 4 is 22.2 Å². The number of aliphatic hydroxyl groups excluding tert-OH is 4. The van der Waals surface area contributed by atoms with Crippen LogP contribution in [0.25, 0.3) is 0 Å². The first-order valence-corrected chi connectivity index (χ1v) is 6.41. The van der Waals surface area contributed by atoms with E-state index in [1.54, 1.807) is 0 Å². The Morgan fingerprint density at radius 1 is 1.05 bits per heavy atom. The lowest BCUT2D eigenvalue weighted by atomic mass is 9.99. The monoisotopic (exact) mass is 318 g/mol. The normalized spacial score (nSPS) is 18.1. The molecule has 0 aromatic rings. The smallest absolute Gasteiger partial charge is 0.397 e. The summed E-state index contributed by atoms with van der Waals surface area (Å²) in [5.41, 5.74) is 0. The van der Waals surface area contributed by atoms with Crippen LogP contribution in [0.4, 0.5) is 0 Å². The van der Waals surface area contributed by atoms with Gasteiger partial charge in [-0.1, -0.05) is 0 Å². The largest absolute Gasteiger partial charge is 0.481 e. The fourth-order valence-electron chi connectivity index (χ4n) is 1.11. The molecule has 0 aliphatic carbocycles. The van der Waals surface area contributed by atoms with E-state index in [0.29, 0.717) is 0 Å². The van der Waals surface area contributed by atoms with Crippen molar-refractivity contribution in [3.8, 4) is 0 Å². The predicted octanol–water partition coefficient (Wildman–Crippen LogP) is -3.71. The highest BCUT2D eigenvalue weighted by molar-refractivity contribution is 7.80. The zero-order valence-electron chi connectivity index (χ0n) is 9.86. The lowest BCUT2D eigenvalue weighted by Crippen LogP contribution is -2.49. The van der Waals surface area contributed by atoms with Crippen molar-refractivity contribution in [1.29, 1.82) is 0 Å². The average Bonchev–Trinajstić information content (AvgIpc) is 2.31. The molecule has 0 bridgehead atoms. The molecule has 4 atom stereocenters. The number of hydrogen-bond donors (Lipinski definition) is 6. The third kappa shape index (κ3) is 6.85. The van der Waals surface area contributed by atoms with Gasteiger partial charge in [-0.2, -0.15) is 8.42 Å². The first kappa shape index (κ1) is 18.9. The number of Topliss-reactive ketones (excluding diaryl/α,β-unsaturated/α-hetero) is 1. The zero-order chi connectivity index (χ0) is 16.1. The van der Waals surface area contributed by atoms with Crippen LogP contribution >= 0.6 is 0 Å². The van der Waals surface area contributed by atoms with Crippen LogP contribution in [-0.4, -0.2) is 81.3 Å². The summed E-state index contributed by atoms with van der Waals surface area (Å²) in [7, 11) is -4.89. The maximum absolute atomic E-state index is 11.1. The minimum atomic E-state index is -4.89. The highest BCUT2D eigenvalue weighted by Gasteiger charge is 2.35. The van der Waals surface area contributed by atoms with Crippen LogP contribution in [0.5, 0.6) is 0 Å². The van der Waals surface area contributed by atoms with Gasteiger partial charge in [-0.25, -0.2) is 4.18 Å². The number of hydrogen-bond acceptors (Lipinski definition) is 9. The van der Waals surface area contributed by atoms with Gasteiger partial charge in [0.1, 0.15) is 30.8 Å². The van der Waals surface area contributed by atoms with Crippen LogP contribution < -0.4 is 0 Å². The molecule has 118 valence electrons. The van der Waals surface area contributed by atoms with Crippen LogP contribution in [0.15, 0.2) is 0 Å². The van der Waals surface area contributed by atoms with Gasteiger partial charge in [0.2, 0.25) is 0 Å². The molecule has 0 radical (unpaired) electrons. The molecule has 6 N–H and O–H groups in total. The number of carbonyl (C=O) groups is 2. The molecule has 0 heterocycles. The molecule has 0 aliphatic heterocycles. The minimum Gasteiger partial charge on any atom is -0.481 e. The van der Waals surface area contributed by atoms with Crippen molar-refractivity contribution < 1.29 is 52.3 Å². The van der Waals surface area contributed by atoms with Crippen molar-refractivity contribution in [1.82, 2.24) is 0 Å². The quantitative estimate of drug-likeness (QED) is 0.180. The average molecular weight is 318 g/mol. The van der Waals surface area contributed by atoms with E-state index < -0.39 is 59.6 Å². The Bertz CT molecular complexity index is 443. The molecular formula is C8H14O11S. The second-order valence-electron chi connectivity index (χ2n) is 3.74. The van der Waals surface area contributed by atoms with Crippen molar-refractivity contribution in [3.63, 3.8) is 0 Å². The minimum absolute atomic E-state index is 1.12. The molecule has 11 nitrogen and oxygen atoms in total. The first-order valence-electron chi connectivity index (χ1n) is 5.04. The van der Waals surface area contributed by atoms with Gasteiger partial charge in [0.25, 0.3) is 0 Å². The Morgan fingerprint density at radius 3 is 1.95 bits per heavy atom. The molecule has 0 aromatic carbocycles. The van der Waals surface area contributed by atoms with Gasteiger partial charge >= 0.3 is 16.4 Å². The fraction of sp³-hybridized carbons (Fsp3) is 0.750. The zero-order valence-corrected chi connectivity index (χ0v) is 10.7. The van der Waals surface area contributed by atoms with Crippen molar-refractivity contribution in [3.05, 3.63) is 0 Å². The topological polar surface area (TPSA) is 199 Å². The molecule has 0 amide bonds. The van der Waals surface area contributed by atoms with E-state index in [-0.39, 0.29) is 0 Å². The van der Waals surface area contributed by atoms with Crippen LogP contribution in [0.3, 0.4) is 0 Å². The maximum Gasteiger partial charge on any atom is 0.397 e. The van der Waals surface area contributed by atoms with Gasteiger partial charge in [-0.05, 0) is 0 Å². The third-order valence-corrected chi connectivity index (χ3v) is 2.54. The highest BCUT2D eigenvalue weighted by Crippen LogP contribution is 2.09. The Labute approximate surface area is 113 Å². The number of rotatable bonds is 9. The van der Waals surface area contributed by atoms with E-state index in [1.807, 2.05) is 0 Å². The molecule has 12 heteroatoms. The molecule has 0 aliphatic rings. The summed E-state index contributed by atoms with van der Waals surface area (Å²) in [5.74, 6) is -2.90. The Hall–Kier alpha value is -1.15. The van der Waals surface area contributed by atoms with Gasteiger partial charge in [0.15, 0.2) is 5.78 Å². The van der Waals surface area contributed by atoms with Crippen molar-refractivity contribution in [2.45, 2.75) is 30.8 Å². The van der Waals surface area contributed by atoms with E-state index in [0.717, 1.165) is 0 Å². The van der Waals surface area contributed by atoms with E-state index in [1.165, 1.54) is 0 Å². The second-order valence-corrected chi connectivity index (χ2v) is 4.83. The molecule has 20 heavy (non-hydrogen) atoms. The van der Waals surface area contributed by atoms with Crippen LogP contribution in [0.2, 0.25) is 0 Å². The van der Waals surface area contributed by atoms with Gasteiger partial charge in [0, 0.05) is 0 Å². The van der Waals surface area contributed by atoms with Crippen LogP contribution in [0.1, 0.15) is 6.42 Å². The molecule has 0 spiro atoms. The van der Waals surface area contributed by atoms with Crippen molar-refractivity contribution in [2.24, 2.45) is 0 Å². The van der Waals surface area contributed by atoms with Crippen molar-refractivity contribution in [2.75, 3.05) is 6.61 Å². The number of aliphatic hydroxyl groups is 4. The van der Waals surface area contributed by atoms with Gasteiger partial charge in [-0.15, -0.1) is 0 Å². The van der Waals surface area contributed by atoms with E-state index in [4.69, 9.17) is 9.66 Å². The Kier molecular flexibility index (Phi) is 7.15. The van der Waals surface area contributed by atoms with Crippen LogP contribution in [-0.2, 0) is 24.2 Å². The summed E-state index contributed by atoms with van der Waals surface area (Å²) < 4.78 is 32.3. The first-order chi connectivity index (χ1) is 8.95. The third-order valence-electron chi connectivity index (χ3n) is 2.11. The van der Waals surface area contributed by atoms with Gasteiger partial charge < -0.3 is 25.5 Å².